The summed E-state index contributed by atoms with van der Waals surface area (Å²) in [7, 11) is -3.72. The van der Waals surface area contributed by atoms with E-state index in [-0.39, 0.29) is 23.4 Å². The molecule has 2 aromatic carbocycles. The number of fused-ring (bicyclic) bond motifs is 1. The molecule has 0 saturated carbocycles. The molecule has 1 atom stereocenters. The van der Waals surface area contributed by atoms with Crippen LogP contribution in [0.2, 0.25) is 5.02 Å². The van der Waals surface area contributed by atoms with Crippen molar-refractivity contribution in [1.82, 2.24) is 10.0 Å². The van der Waals surface area contributed by atoms with Gasteiger partial charge in [0.1, 0.15) is 11.5 Å². The fourth-order valence-electron chi connectivity index (χ4n) is 3.23. The van der Waals surface area contributed by atoms with Crippen molar-refractivity contribution in [2.45, 2.75) is 23.9 Å². The van der Waals surface area contributed by atoms with Gasteiger partial charge in [-0.2, -0.15) is 0 Å². The lowest BCUT2D eigenvalue weighted by Crippen LogP contribution is -2.32. The molecular weight excluding hydrogens is 428 g/mol. The van der Waals surface area contributed by atoms with Gasteiger partial charge in [-0.1, -0.05) is 23.7 Å². The van der Waals surface area contributed by atoms with Gasteiger partial charge in [0.15, 0.2) is 0 Å². The Labute approximate surface area is 179 Å². The quantitative estimate of drug-likeness (QED) is 0.602. The predicted octanol–water partition coefficient (Wildman–Crippen LogP) is 3.67. The second kappa shape index (κ2) is 8.51. The third-order valence-electron chi connectivity index (χ3n) is 4.77. The molecule has 1 aliphatic heterocycles. The first-order valence-corrected chi connectivity index (χ1v) is 11.1. The van der Waals surface area contributed by atoms with Crippen LogP contribution in [0, 0.1) is 0 Å². The molecule has 0 radical (unpaired) electrons. The summed E-state index contributed by atoms with van der Waals surface area (Å²) < 4.78 is 38.0. The number of nitrogens with one attached hydrogen (secondary N) is 2. The van der Waals surface area contributed by atoms with Crippen molar-refractivity contribution in [2.75, 3.05) is 6.61 Å². The highest BCUT2D eigenvalue weighted by Gasteiger charge is 2.25. The van der Waals surface area contributed by atoms with Crippen LogP contribution < -0.4 is 14.8 Å². The molecule has 9 heteroatoms. The Balaban J connectivity index is 1.44. The van der Waals surface area contributed by atoms with E-state index in [9.17, 15) is 13.2 Å². The zero-order valence-corrected chi connectivity index (χ0v) is 17.4. The van der Waals surface area contributed by atoms with Crippen LogP contribution in [0.5, 0.6) is 5.75 Å². The Bertz CT molecular complexity index is 1140. The zero-order chi connectivity index (χ0) is 21.1. The molecule has 30 heavy (non-hydrogen) atoms. The van der Waals surface area contributed by atoms with Gasteiger partial charge in [0, 0.05) is 17.5 Å². The highest BCUT2D eigenvalue weighted by Crippen LogP contribution is 2.37. The van der Waals surface area contributed by atoms with Crippen molar-refractivity contribution in [3.63, 3.8) is 0 Å². The van der Waals surface area contributed by atoms with Crippen LogP contribution in [0.1, 0.15) is 34.1 Å². The Morgan fingerprint density at radius 2 is 1.90 bits per heavy atom. The van der Waals surface area contributed by atoms with Crippen molar-refractivity contribution >= 4 is 27.5 Å². The van der Waals surface area contributed by atoms with Gasteiger partial charge in [0.25, 0.3) is 5.91 Å². The van der Waals surface area contributed by atoms with Crippen molar-refractivity contribution in [1.29, 1.82) is 0 Å². The summed E-state index contributed by atoms with van der Waals surface area (Å²) >= 11 is 6.17. The van der Waals surface area contributed by atoms with E-state index in [0.717, 1.165) is 5.56 Å². The average Bonchev–Trinajstić information content (AvgIpc) is 3.27. The Hall–Kier alpha value is -2.81. The molecule has 0 aliphatic carbocycles. The third-order valence-corrected chi connectivity index (χ3v) is 6.49. The van der Waals surface area contributed by atoms with E-state index in [1.54, 1.807) is 18.2 Å². The SMILES string of the molecule is O=C(NC1CCOc2c(Cl)cccc21)c1ccc(S(=O)(=O)NCc2ccco2)cc1. The predicted molar refractivity (Wildman–Crippen MR) is 111 cm³/mol. The number of amides is 1. The van der Waals surface area contributed by atoms with Crippen LogP contribution >= 0.6 is 11.6 Å². The highest BCUT2D eigenvalue weighted by atomic mass is 35.5. The molecule has 0 saturated heterocycles. The minimum absolute atomic E-state index is 0.0449. The van der Waals surface area contributed by atoms with Crippen molar-refractivity contribution < 1.29 is 22.4 Å². The second-order valence-corrected chi connectivity index (χ2v) is 8.92. The Morgan fingerprint density at radius 3 is 2.63 bits per heavy atom. The number of hydrogen-bond donors (Lipinski definition) is 2. The number of rotatable bonds is 6. The maximum Gasteiger partial charge on any atom is 0.251 e. The molecule has 3 aromatic rings. The molecule has 1 aliphatic rings. The minimum Gasteiger partial charge on any atom is -0.492 e. The van der Waals surface area contributed by atoms with Gasteiger partial charge in [0.05, 0.1) is 35.4 Å². The number of ether oxygens (including phenoxy) is 1. The summed E-state index contributed by atoms with van der Waals surface area (Å²) in [5, 5.41) is 3.47. The van der Waals surface area contributed by atoms with Crippen molar-refractivity contribution in [2.24, 2.45) is 0 Å². The van der Waals surface area contributed by atoms with Crippen LogP contribution in [-0.4, -0.2) is 20.9 Å². The number of furan rings is 1. The summed E-state index contributed by atoms with van der Waals surface area (Å²) in [6.07, 6.45) is 2.09. The molecule has 156 valence electrons. The normalized spacial score (nSPS) is 15.8. The molecule has 7 nitrogen and oxygen atoms in total. The van der Waals surface area contributed by atoms with E-state index < -0.39 is 10.0 Å². The lowest BCUT2D eigenvalue weighted by Gasteiger charge is -2.27. The van der Waals surface area contributed by atoms with E-state index in [2.05, 4.69) is 10.0 Å². The van der Waals surface area contributed by atoms with Gasteiger partial charge in [-0.05, 0) is 42.5 Å². The number of benzene rings is 2. The van der Waals surface area contributed by atoms with Crippen LogP contribution in [0.25, 0.3) is 0 Å². The number of hydrogen-bond acceptors (Lipinski definition) is 5. The van der Waals surface area contributed by atoms with E-state index in [0.29, 0.717) is 35.1 Å². The topological polar surface area (TPSA) is 97.6 Å². The smallest absolute Gasteiger partial charge is 0.251 e. The molecule has 4 rings (SSSR count). The number of carbonyl (C=O) groups excluding carboxylic acids is 1. The minimum atomic E-state index is -3.72. The second-order valence-electron chi connectivity index (χ2n) is 6.75. The maximum atomic E-state index is 12.7. The molecule has 0 bridgehead atoms. The van der Waals surface area contributed by atoms with Crippen LogP contribution in [-0.2, 0) is 16.6 Å². The van der Waals surface area contributed by atoms with Crippen LogP contribution in [0.3, 0.4) is 0 Å². The number of para-hydroxylation sites is 1. The monoisotopic (exact) mass is 446 g/mol. The Kier molecular flexibility index (Phi) is 5.80. The molecule has 2 N–H and O–H groups in total. The molecule has 0 fully saturated rings. The lowest BCUT2D eigenvalue weighted by molar-refractivity contribution is 0.0924. The fraction of sp³-hybridized carbons (Fsp3) is 0.190. The molecule has 1 unspecified atom stereocenters. The van der Waals surface area contributed by atoms with Crippen molar-refractivity contribution in [3.05, 3.63) is 82.8 Å². The molecule has 1 amide bonds. The first-order chi connectivity index (χ1) is 14.4. The van der Waals surface area contributed by atoms with Crippen LogP contribution in [0.4, 0.5) is 0 Å². The van der Waals surface area contributed by atoms with Gasteiger partial charge >= 0.3 is 0 Å². The van der Waals surface area contributed by atoms with E-state index in [1.807, 2.05) is 12.1 Å². The van der Waals surface area contributed by atoms with Crippen molar-refractivity contribution in [3.8, 4) is 5.75 Å². The first-order valence-electron chi connectivity index (χ1n) is 9.28. The van der Waals surface area contributed by atoms with Gasteiger partial charge in [-0.25, -0.2) is 13.1 Å². The third kappa shape index (κ3) is 4.35. The van der Waals surface area contributed by atoms with Gasteiger partial charge in [-0.15, -0.1) is 0 Å². The summed E-state index contributed by atoms with van der Waals surface area (Å²) in [5.41, 5.74) is 1.18. The van der Waals surface area contributed by atoms with Crippen LogP contribution in [0.15, 0.2) is 70.2 Å². The number of carbonyl (C=O) groups is 1. The summed E-state index contributed by atoms with van der Waals surface area (Å²) in [6.45, 7) is 0.490. The standard InChI is InChI=1S/C21H19ClN2O5S/c22-18-5-1-4-17-19(10-12-29-20(17)18)24-21(25)14-6-8-16(9-7-14)30(26,27)23-13-15-3-2-11-28-15/h1-9,11,19,23H,10,12-13H2,(H,24,25). The number of sulfonamides is 1. The largest absolute Gasteiger partial charge is 0.492 e. The summed E-state index contributed by atoms with van der Waals surface area (Å²) in [6, 6.07) is 14.3. The van der Waals surface area contributed by atoms with Gasteiger partial charge in [0.2, 0.25) is 10.0 Å². The average molecular weight is 447 g/mol. The maximum absolute atomic E-state index is 12.7. The molecule has 1 aromatic heterocycles. The summed E-state index contributed by atoms with van der Waals surface area (Å²) in [4.78, 5) is 12.8. The van der Waals surface area contributed by atoms with Gasteiger partial charge < -0.3 is 14.5 Å². The summed E-state index contributed by atoms with van der Waals surface area (Å²) in [5.74, 6) is 0.784. The van der Waals surface area contributed by atoms with Gasteiger partial charge in [-0.3, -0.25) is 4.79 Å². The fourth-order valence-corrected chi connectivity index (χ4v) is 4.46. The lowest BCUT2D eigenvalue weighted by atomic mass is 10.00. The molecule has 2 heterocycles. The number of halogens is 1. The van der Waals surface area contributed by atoms with E-state index >= 15 is 0 Å². The highest BCUT2D eigenvalue weighted by molar-refractivity contribution is 7.89. The molecule has 0 spiro atoms. The molecular formula is C21H19ClN2O5S. The Morgan fingerprint density at radius 1 is 1.10 bits per heavy atom. The van der Waals surface area contributed by atoms with E-state index in [4.69, 9.17) is 20.8 Å². The zero-order valence-electron chi connectivity index (χ0n) is 15.8. The van der Waals surface area contributed by atoms with E-state index in [1.165, 1.54) is 30.5 Å². The first kappa shape index (κ1) is 20.5.